The summed E-state index contributed by atoms with van der Waals surface area (Å²) in [6, 6.07) is 16.7. The number of piperazine rings is 1. The van der Waals surface area contributed by atoms with E-state index in [-0.39, 0.29) is 16.9 Å². The van der Waals surface area contributed by atoms with E-state index < -0.39 is 21.0 Å². The van der Waals surface area contributed by atoms with E-state index in [0.717, 1.165) is 48.3 Å². The molecule has 3 aromatic heterocycles. The molecule has 2 aromatic carbocycles. The summed E-state index contributed by atoms with van der Waals surface area (Å²) in [7, 11) is -0.574. The number of likely N-dealkylation sites (N-methyl/N-ethyl adjacent to an activating group) is 1. The molecule has 3 aliphatic rings. The molecule has 13 heteroatoms. The third-order valence-corrected chi connectivity index (χ3v) is 12.6. The second-order valence-corrected chi connectivity index (χ2v) is 17.3. The van der Waals surface area contributed by atoms with Crippen molar-refractivity contribution in [3.05, 3.63) is 84.3 Å². The van der Waals surface area contributed by atoms with Crippen molar-refractivity contribution in [2.24, 2.45) is 7.05 Å². The number of hydrogen-bond acceptors (Lipinski definition) is 8. The fraction of sp³-hybridized carbons (Fsp3) is 0.400. The van der Waals surface area contributed by atoms with Gasteiger partial charge in [-0.15, -0.1) is 0 Å². The lowest BCUT2D eigenvalue weighted by Crippen LogP contribution is -2.49. The van der Waals surface area contributed by atoms with Crippen LogP contribution in [-0.4, -0.2) is 87.8 Å². The lowest BCUT2D eigenvalue weighted by molar-refractivity contribution is -0.122. The van der Waals surface area contributed by atoms with Crippen LogP contribution in [0.2, 0.25) is 0 Å². The minimum Gasteiger partial charge on any atom is -0.444 e. The molecule has 5 heterocycles. The van der Waals surface area contributed by atoms with Gasteiger partial charge in [0, 0.05) is 75.1 Å². The van der Waals surface area contributed by atoms with E-state index in [9.17, 15) is 18.0 Å². The number of rotatable bonds is 6. The first-order chi connectivity index (χ1) is 25.3. The summed E-state index contributed by atoms with van der Waals surface area (Å²) in [6.45, 7) is 8.93. The largest absolute Gasteiger partial charge is 0.444 e. The number of carbonyl (C=O) groups excluding carboxylic acids is 2. The van der Waals surface area contributed by atoms with Crippen LogP contribution in [0.5, 0.6) is 0 Å². The standard InChI is InChI=1S/C40H45N7O5S/c1-39(2,3)52-38(49)46-21-19-45(20-22-46)25-27-13-15-28(16-14-27)32-33-34-31(44(5)37(48)40(34)17-9-10-18-40)24-41-36(33)47(35(32)29-23-42-43(4)26-29)53(50,51)30-11-7-6-8-12-30/h6-8,11-16,23-24,26H,9-10,17-22,25H2,1-5H3. The van der Waals surface area contributed by atoms with Crippen molar-refractivity contribution in [2.75, 3.05) is 38.1 Å². The third-order valence-electron chi connectivity index (χ3n) is 10.9. The Bertz CT molecular complexity index is 2330. The second kappa shape index (κ2) is 12.8. The fourth-order valence-electron chi connectivity index (χ4n) is 8.39. The number of hydrogen-bond donors (Lipinski definition) is 0. The minimum absolute atomic E-state index is 0.0361. The number of carbonyl (C=O) groups is 2. The van der Waals surface area contributed by atoms with Gasteiger partial charge in [0.1, 0.15) is 5.60 Å². The topological polar surface area (TPSA) is 123 Å². The molecule has 276 valence electrons. The van der Waals surface area contributed by atoms with Crippen molar-refractivity contribution in [2.45, 2.75) is 68.9 Å². The Kier molecular flexibility index (Phi) is 8.49. The monoisotopic (exact) mass is 735 g/mol. The highest BCUT2D eigenvalue weighted by Crippen LogP contribution is 2.56. The van der Waals surface area contributed by atoms with Gasteiger partial charge in [-0.1, -0.05) is 55.3 Å². The maximum absolute atomic E-state index is 14.8. The minimum atomic E-state index is -4.18. The Morgan fingerprint density at radius 1 is 0.906 bits per heavy atom. The first kappa shape index (κ1) is 35.0. The van der Waals surface area contributed by atoms with Gasteiger partial charge in [0.2, 0.25) is 5.91 Å². The Morgan fingerprint density at radius 2 is 1.58 bits per heavy atom. The van der Waals surface area contributed by atoms with E-state index in [4.69, 9.17) is 9.72 Å². The lowest BCUT2D eigenvalue weighted by atomic mass is 9.78. The van der Waals surface area contributed by atoms with Gasteiger partial charge in [0.05, 0.1) is 34.1 Å². The molecule has 0 N–H and O–H groups in total. The van der Waals surface area contributed by atoms with Gasteiger partial charge in [-0.2, -0.15) is 5.10 Å². The Balaban J connectivity index is 1.27. The molecule has 2 amide bonds. The van der Waals surface area contributed by atoms with Gasteiger partial charge < -0.3 is 14.5 Å². The molecule has 8 rings (SSSR count). The van der Waals surface area contributed by atoms with E-state index >= 15 is 0 Å². The summed E-state index contributed by atoms with van der Waals surface area (Å²) in [5.41, 5.74) is 4.29. The average Bonchev–Trinajstić information content (AvgIpc) is 3.92. The zero-order chi connectivity index (χ0) is 37.3. The fourth-order valence-corrected chi connectivity index (χ4v) is 9.91. The Labute approximate surface area is 310 Å². The summed E-state index contributed by atoms with van der Waals surface area (Å²) >= 11 is 0. The van der Waals surface area contributed by atoms with Gasteiger partial charge in [-0.3, -0.25) is 14.4 Å². The molecule has 2 aliphatic heterocycles. The molecule has 1 saturated carbocycles. The first-order valence-corrected chi connectivity index (χ1v) is 19.7. The molecule has 1 spiro atoms. The van der Waals surface area contributed by atoms with Crippen molar-refractivity contribution in [1.82, 2.24) is 28.5 Å². The molecule has 1 aliphatic carbocycles. The number of aromatic nitrogens is 4. The molecule has 0 bridgehead atoms. The smallest absolute Gasteiger partial charge is 0.410 e. The Hall–Kier alpha value is -5.01. The summed E-state index contributed by atoms with van der Waals surface area (Å²) in [5.74, 6) is 0.0361. The van der Waals surface area contributed by atoms with Crippen molar-refractivity contribution in [1.29, 1.82) is 0 Å². The average molecular weight is 736 g/mol. The molecule has 2 fully saturated rings. The normalized spacial score (nSPS) is 17.6. The van der Waals surface area contributed by atoms with Crippen molar-refractivity contribution in [3.63, 3.8) is 0 Å². The molecule has 53 heavy (non-hydrogen) atoms. The van der Waals surface area contributed by atoms with Crippen LogP contribution in [-0.2, 0) is 38.6 Å². The van der Waals surface area contributed by atoms with Crippen LogP contribution in [0.4, 0.5) is 10.5 Å². The Morgan fingerprint density at radius 3 is 2.21 bits per heavy atom. The van der Waals surface area contributed by atoms with Gasteiger partial charge >= 0.3 is 6.09 Å². The van der Waals surface area contributed by atoms with E-state index in [1.165, 1.54) is 3.97 Å². The maximum Gasteiger partial charge on any atom is 0.410 e. The first-order valence-electron chi connectivity index (χ1n) is 18.2. The van der Waals surface area contributed by atoms with E-state index in [0.29, 0.717) is 60.3 Å². The quantitative estimate of drug-likeness (QED) is 0.203. The third kappa shape index (κ3) is 5.90. The SMILES string of the molecule is CN1C(=O)C2(CCCC2)c2c1cnc1c2c(-c2ccc(CN3CCN(C(=O)OC(C)(C)C)CC3)cc2)c(-c2cnn(C)c2)n1S(=O)(=O)c1ccccc1. The number of pyridine rings is 1. The predicted molar refractivity (Wildman–Crippen MR) is 203 cm³/mol. The summed E-state index contributed by atoms with van der Waals surface area (Å²) in [6.07, 6.45) is 8.11. The molecule has 12 nitrogen and oxygen atoms in total. The highest BCUT2D eigenvalue weighted by atomic mass is 32.2. The van der Waals surface area contributed by atoms with Crippen LogP contribution in [0.1, 0.15) is 57.6 Å². The van der Waals surface area contributed by atoms with Crippen LogP contribution in [0.3, 0.4) is 0 Å². The van der Waals surface area contributed by atoms with Crippen molar-refractivity contribution < 1.29 is 22.7 Å². The van der Waals surface area contributed by atoms with Crippen molar-refractivity contribution >= 4 is 38.7 Å². The molecular formula is C40H45N7O5S. The highest BCUT2D eigenvalue weighted by molar-refractivity contribution is 7.90. The van der Waals surface area contributed by atoms with E-state index in [2.05, 4.69) is 22.1 Å². The molecule has 0 atom stereocenters. The maximum atomic E-state index is 14.8. The second-order valence-electron chi connectivity index (χ2n) is 15.5. The predicted octanol–water partition coefficient (Wildman–Crippen LogP) is 6.18. The van der Waals surface area contributed by atoms with Crippen LogP contribution in [0.15, 0.2) is 78.1 Å². The van der Waals surface area contributed by atoms with E-state index in [1.54, 1.807) is 71.3 Å². The number of ether oxygens (including phenoxy) is 1. The number of amides is 2. The van der Waals surface area contributed by atoms with Crippen LogP contribution < -0.4 is 4.90 Å². The van der Waals surface area contributed by atoms with Gasteiger partial charge in [-0.05, 0) is 56.9 Å². The molecule has 5 aromatic rings. The number of benzene rings is 2. The zero-order valence-corrected chi connectivity index (χ0v) is 31.7. The lowest BCUT2D eigenvalue weighted by Gasteiger charge is -2.35. The number of nitrogens with zero attached hydrogens (tertiary/aromatic N) is 7. The molecule has 0 radical (unpaired) electrons. The van der Waals surface area contributed by atoms with Crippen LogP contribution in [0.25, 0.3) is 33.4 Å². The van der Waals surface area contributed by atoms with Crippen LogP contribution >= 0.6 is 0 Å². The number of anilines is 1. The van der Waals surface area contributed by atoms with Gasteiger partial charge in [0.15, 0.2) is 5.65 Å². The van der Waals surface area contributed by atoms with Gasteiger partial charge in [-0.25, -0.2) is 22.2 Å². The van der Waals surface area contributed by atoms with E-state index in [1.807, 2.05) is 39.1 Å². The summed E-state index contributed by atoms with van der Waals surface area (Å²) in [4.78, 5) is 37.6. The summed E-state index contributed by atoms with van der Waals surface area (Å²) < 4.78 is 38.3. The van der Waals surface area contributed by atoms with Crippen molar-refractivity contribution in [3.8, 4) is 22.4 Å². The van der Waals surface area contributed by atoms with Crippen LogP contribution in [0, 0.1) is 0 Å². The van der Waals surface area contributed by atoms with Gasteiger partial charge in [0.25, 0.3) is 10.0 Å². The highest BCUT2D eigenvalue weighted by Gasteiger charge is 2.53. The number of fused-ring (bicyclic) bond motifs is 4. The molecule has 0 unspecified atom stereocenters. The molecular weight excluding hydrogens is 691 g/mol. The number of aryl methyl sites for hydroxylation is 1. The molecule has 1 saturated heterocycles. The zero-order valence-electron chi connectivity index (χ0n) is 30.9. The summed E-state index contributed by atoms with van der Waals surface area (Å²) in [5, 5.41) is 5.15.